The number of benzene rings is 3. The number of hydrogen-bond acceptors (Lipinski definition) is 2. The lowest BCUT2D eigenvalue weighted by Crippen LogP contribution is -2.15. The molecule has 0 saturated carbocycles. The van der Waals surface area contributed by atoms with Crippen LogP contribution in [0.25, 0.3) is 0 Å². The van der Waals surface area contributed by atoms with Crippen molar-refractivity contribution >= 4 is 46.2 Å². The van der Waals surface area contributed by atoms with Gasteiger partial charge < -0.3 is 10.6 Å². The van der Waals surface area contributed by atoms with Crippen LogP contribution in [0.3, 0.4) is 0 Å². The minimum atomic E-state index is -0.353. The molecule has 2 N–H and O–H groups in total. The molecule has 3 rings (SSSR count). The number of hydrogen-bond donors (Lipinski definition) is 2. The molecule has 132 valence electrons. The quantitative estimate of drug-likeness (QED) is 0.557. The molecule has 0 aliphatic rings. The van der Waals surface area contributed by atoms with Crippen molar-refractivity contribution in [3.8, 4) is 0 Å². The number of para-hydroxylation sites is 2. The molecule has 6 heteroatoms. The van der Waals surface area contributed by atoms with E-state index in [9.17, 15) is 9.18 Å². The van der Waals surface area contributed by atoms with E-state index >= 15 is 0 Å². The Kier molecular flexibility index (Phi) is 5.76. The van der Waals surface area contributed by atoms with Crippen molar-refractivity contribution in [1.82, 2.24) is 0 Å². The smallest absolute Gasteiger partial charge is 0.228 e. The van der Waals surface area contributed by atoms with E-state index in [1.165, 1.54) is 24.3 Å². The second-order valence-corrected chi connectivity index (χ2v) is 6.43. The van der Waals surface area contributed by atoms with E-state index in [2.05, 4.69) is 10.6 Å². The van der Waals surface area contributed by atoms with E-state index in [-0.39, 0.29) is 18.1 Å². The zero-order chi connectivity index (χ0) is 18.5. The highest BCUT2D eigenvalue weighted by Crippen LogP contribution is 2.33. The van der Waals surface area contributed by atoms with Gasteiger partial charge in [-0.15, -0.1) is 0 Å². The molecule has 0 aliphatic heterocycles. The highest BCUT2D eigenvalue weighted by Gasteiger charge is 2.11. The van der Waals surface area contributed by atoms with Crippen LogP contribution >= 0.6 is 23.2 Å². The molecule has 3 aromatic carbocycles. The van der Waals surface area contributed by atoms with Gasteiger partial charge in [0.25, 0.3) is 0 Å². The third-order valence-corrected chi connectivity index (χ3v) is 4.35. The molecule has 0 fully saturated rings. The third-order valence-electron chi connectivity index (χ3n) is 3.72. The first-order valence-electron chi connectivity index (χ1n) is 7.87. The monoisotopic (exact) mass is 388 g/mol. The second kappa shape index (κ2) is 8.21. The van der Waals surface area contributed by atoms with E-state index in [0.29, 0.717) is 21.4 Å². The van der Waals surface area contributed by atoms with Crippen LogP contribution in [-0.2, 0) is 11.2 Å². The zero-order valence-corrected chi connectivity index (χ0v) is 15.1. The van der Waals surface area contributed by atoms with Crippen molar-refractivity contribution < 1.29 is 9.18 Å². The molecule has 26 heavy (non-hydrogen) atoms. The largest absolute Gasteiger partial charge is 0.353 e. The topological polar surface area (TPSA) is 41.1 Å². The zero-order valence-electron chi connectivity index (χ0n) is 13.6. The Morgan fingerprint density at radius 2 is 1.54 bits per heavy atom. The van der Waals surface area contributed by atoms with Gasteiger partial charge in [0.2, 0.25) is 5.91 Å². The summed E-state index contributed by atoms with van der Waals surface area (Å²) in [5.41, 5.74) is 2.64. The first-order valence-corrected chi connectivity index (χ1v) is 8.63. The highest BCUT2D eigenvalue weighted by molar-refractivity contribution is 6.39. The highest BCUT2D eigenvalue weighted by atomic mass is 35.5. The van der Waals surface area contributed by atoms with Gasteiger partial charge in [0.1, 0.15) is 5.82 Å². The SMILES string of the molecule is O=C(Cc1ccccc1Nc1c(Cl)cccc1Cl)Nc1ccc(F)cc1. The van der Waals surface area contributed by atoms with Crippen molar-refractivity contribution in [3.05, 3.63) is 88.2 Å². The normalized spacial score (nSPS) is 10.4. The maximum Gasteiger partial charge on any atom is 0.228 e. The molecule has 0 heterocycles. The lowest BCUT2D eigenvalue weighted by Gasteiger charge is -2.14. The van der Waals surface area contributed by atoms with Gasteiger partial charge in [-0.05, 0) is 48.0 Å². The standard InChI is InChI=1S/C20H15Cl2FN2O/c21-16-5-3-6-17(22)20(16)25-18-7-2-1-4-13(18)12-19(26)24-15-10-8-14(23)9-11-15/h1-11,25H,12H2,(H,24,26). The minimum absolute atomic E-state index is 0.141. The fourth-order valence-electron chi connectivity index (χ4n) is 2.46. The number of carbonyl (C=O) groups is 1. The number of halogens is 3. The van der Waals surface area contributed by atoms with Crippen LogP contribution in [-0.4, -0.2) is 5.91 Å². The number of carbonyl (C=O) groups excluding carboxylic acids is 1. The van der Waals surface area contributed by atoms with Gasteiger partial charge >= 0.3 is 0 Å². The van der Waals surface area contributed by atoms with Crippen molar-refractivity contribution in [2.45, 2.75) is 6.42 Å². The Morgan fingerprint density at radius 1 is 0.885 bits per heavy atom. The molecule has 0 aromatic heterocycles. The Bertz CT molecular complexity index is 909. The molecule has 0 radical (unpaired) electrons. The van der Waals surface area contributed by atoms with Crippen molar-refractivity contribution in [2.24, 2.45) is 0 Å². The summed E-state index contributed by atoms with van der Waals surface area (Å²) in [6, 6.07) is 18.2. The van der Waals surface area contributed by atoms with E-state index < -0.39 is 0 Å². The summed E-state index contributed by atoms with van der Waals surface area (Å²) in [7, 11) is 0. The summed E-state index contributed by atoms with van der Waals surface area (Å²) in [5.74, 6) is -0.565. The van der Waals surface area contributed by atoms with Gasteiger partial charge in [0.15, 0.2) is 0 Å². The Hall–Kier alpha value is -2.56. The van der Waals surface area contributed by atoms with Gasteiger partial charge in [-0.1, -0.05) is 47.5 Å². The molecule has 0 bridgehead atoms. The van der Waals surface area contributed by atoms with Crippen LogP contribution in [0.4, 0.5) is 21.5 Å². The van der Waals surface area contributed by atoms with Gasteiger partial charge in [-0.25, -0.2) is 4.39 Å². The average Bonchev–Trinajstić information content (AvgIpc) is 2.61. The van der Waals surface area contributed by atoms with E-state index in [4.69, 9.17) is 23.2 Å². The van der Waals surface area contributed by atoms with Crippen LogP contribution in [0.15, 0.2) is 66.7 Å². The van der Waals surface area contributed by atoms with Gasteiger partial charge in [-0.2, -0.15) is 0 Å². The van der Waals surface area contributed by atoms with Crippen LogP contribution in [0.2, 0.25) is 10.0 Å². The summed E-state index contributed by atoms with van der Waals surface area (Å²) in [4.78, 5) is 12.3. The fraction of sp³-hybridized carbons (Fsp3) is 0.0500. The predicted molar refractivity (Wildman–Crippen MR) is 105 cm³/mol. The molecule has 3 nitrogen and oxygen atoms in total. The van der Waals surface area contributed by atoms with Crippen molar-refractivity contribution in [2.75, 3.05) is 10.6 Å². The molecular formula is C20H15Cl2FN2O. The molecule has 0 saturated heterocycles. The predicted octanol–water partition coefficient (Wildman–Crippen LogP) is 6.06. The second-order valence-electron chi connectivity index (χ2n) is 5.61. The summed E-state index contributed by atoms with van der Waals surface area (Å²) in [6.45, 7) is 0. The van der Waals surface area contributed by atoms with E-state index in [0.717, 1.165) is 11.3 Å². The maximum absolute atomic E-state index is 13.0. The van der Waals surface area contributed by atoms with E-state index in [1.54, 1.807) is 18.2 Å². The lowest BCUT2D eigenvalue weighted by molar-refractivity contribution is -0.115. The van der Waals surface area contributed by atoms with Crippen LogP contribution in [0.5, 0.6) is 0 Å². The minimum Gasteiger partial charge on any atom is -0.353 e. The maximum atomic E-state index is 13.0. The van der Waals surface area contributed by atoms with Crippen molar-refractivity contribution in [1.29, 1.82) is 0 Å². The third kappa shape index (κ3) is 4.54. The number of anilines is 3. The van der Waals surface area contributed by atoms with Gasteiger partial charge in [0, 0.05) is 11.4 Å². The molecular weight excluding hydrogens is 374 g/mol. The molecule has 3 aromatic rings. The summed E-state index contributed by atoms with van der Waals surface area (Å²) < 4.78 is 13.0. The van der Waals surface area contributed by atoms with Crippen LogP contribution < -0.4 is 10.6 Å². The summed E-state index contributed by atoms with van der Waals surface area (Å²) in [5, 5.41) is 6.92. The van der Waals surface area contributed by atoms with E-state index in [1.807, 2.05) is 24.3 Å². The molecule has 0 atom stereocenters. The summed E-state index contributed by atoms with van der Waals surface area (Å²) in [6.07, 6.45) is 0.141. The lowest BCUT2D eigenvalue weighted by atomic mass is 10.1. The fourth-order valence-corrected chi connectivity index (χ4v) is 2.95. The number of rotatable bonds is 5. The molecule has 1 amide bonds. The number of amides is 1. The first-order chi connectivity index (χ1) is 12.5. The Balaban J connectivity index is 1.76. The average molecular weight is 389 g/mol. The van der Waals surface area contributed by atoms with Gasteiger partial charge in [-0.3, -0.25) is 4.79 Å². The van der Waals surface area contributed by atoms with Crippen LogP contribution in [0.1, 0.15) is 5.56 Å². The van der Waals surface area contributed by atoms with Crippen molar-refractivity contribution in [3.63, 3.8) is 0 Å². The first kappa shape index (κ1) is 18.2. The molecule has 0 aliphatic carbocycles. The Morgan fingerprint density at radius 3 is 2.23 bits per heavy atom. The van der Waals surface area contributed by atoms with Gasteiger partial charge in [0.05, 0.1) is 22.2 Å². The summed E-state index contributed by atoms with van der Waals surface area (Å²) >= 11 is 12.4. The number of nitrogens with one attached hydrogen (secondary N) is 2. The Labute approximate surface area is 160 Å². The molecule has 0 spiro atoms. The molecule has 0 unspecified atom stereocenters. The van der Waals surface area contributed by atoms with Crippen LogP contribution in [0, 0.1) is 5.82 Å².